The van der Waals surface area contributed by atoms with E-state index in [1.165, 1.54) is 16.9 Å². The van der Waals surface area contributed by atoms with Crippen molar-refractivity contribution < 1.29 is 9.59 Å². The molecule has 30 heavy (non-hydrogen) atoms. The molecule has 2 aromatic heterocycles. The van der Waals surface area contributed by atoms with Crippen molar-refractivity contribution in [3.63, 3.8) is 0 Å². The molecule has 2 amide bonds. The number of carbonyl (C=O) groups excluding carboxylic acids is 2. The van der Waals surface area contributed by atoms with E-state index in [0.29, 0.717) is 32.7 Å². The van der Waals surface area contributed by atoms with E-state index in [1.54, 1.807) is 11.3 Å². The van der Waals surface area contributed by atoms with Crippen molar-refractivity contribution in [2.75, 3.05) is 32.7 Å². The molecule has 3 heterocycles. The first kappa shape index (κ1) is 20.8. The molecule has 1 fully saturated rings. The maximum absolute atomic E-state index is 12.8. The fourth-order valence-corrected chi connectivity index (χ4v) is 5.10. The van der Waals surface area contributed by atoms with Crippen molar-refractivity contribution in [1.82, 2.24) is 15.1 Å². The number of aryl methyl sites for hydroxylation is 1. The molecule has 1 aliphatic rings. The molecule has 5 nitrogen and oxygen atoms in total. The van der Waals surface area contributed by atoms with Crippen LogP contribution in [0.1, 0.15) is 31.7 Å². The third-order valence-corrected chi connectivity index (χ3v) is 7.10. The average molecular weight is 440 g/mol. The zero-order valence-corrected chi connectivity index (χ0v) is 18.5. The Morgan fingerprint density at radius 2 is 1.67 bits per heavy atom. The zero-order chi connectivity index (χ0) is 20.9. The Kier molecular flexibility index (Phi) is 6.62. The topological polar surface area (TPSA) is 52.7 Å². The summed E-state index contributed by atoms with van der Waals surface area (Å²) in [6.45, 7) is 5.12. The summed E-state index contributed by atoms with van der Waals surface area (Å²) in [4.78, 5) is 31.2. The molecule has 1 aliphatic heterocycles. The lowest BCUT2D eigenvalue weighted by Gasteiger charge is -2.34. The Morgan fingerprint density at radius 3 is 2.30 bits per heavy atom. The highest BCUT2D eigenvalue weighted by atomic mass is 32.1. The molecule has 0 saturated carbocycles. The number of thiophene rings is 2. The van der Waals surface area contributed by atoms with E-state index in [4.69, 9.17) is 0 Å². The molecule has 3 aromatic rings. The highest BCUT2D eigenvalue weighted by Crippen LogP contribution is 2.26. The van der Waals surface area contributed by atoms with E-state index in [1.807, 2.05) is 33.9 Å². The maximum Gasteiger partial charge on any atom is 0.264 e. The first-order valence-electron chi connectivity index (χ1n) is 10.0. The highest BCUT2D eigenvalue weighted by molar-refractivity contribution is 7.12. The van der Waals surface area contributed by atoms with Gasteiger partial charge in [-0.25, -0.2) is 0 Å². The van der Waals surface area contributed by atoms with Crippen molar-refractivity contribution in [2.24, 2.45) is 0 Å². The number of hydrogen-bond donors (Lipinski definition) is 1. The lowest BCUT2D eigenvalue weighted by molar-refractivity contribution is -0.123. The number of hydrogen-bond acceptors (Lipinski definition) is 5. The van der Waals surface area contributed by atoms with Crippen molar-refractivity contribution in [2.45, 2.75) is 13.0 Å². The molecule has 1 unspecified atom stereocenters. The third kappa shape index (κ3) is 4.98. The van der Waals surface area contributed by atoms with Crippen LogP contribution in [0, 0.1) is 6.92 Å². The number of carbonyl (C=O) groups is 2. The van der Waals surface area contributed by atoms with Gasteiger partial charge in [-0.15, -0.1) is 22.7 Å². The predicted molar refractivity (Wildman–Crippen MR) is 122 cm³/mol. The smallest absolute Gasteiger partial charge is 0.264 e. The number of rotatable bonds is 6. The van der Waals surface area contributed by atoms with Crippen LogP contribution in [0.4, 0.5) is 0 Å². The lowest BCUT2D eigenvalue weighted by atomic mass is 10.0. The molecule has 1 saturated heterocycles. The van der Waals surface area contributed by atoms with Gasteiger partial charge in [0.15, 0.2) is 0 Å². The summed E-state index contributed by atoms with van der Waals surface area (Å²) in [5.41, 5.74) is 2.28. The molecular formula is C23H25N3O2S2. The van der Waals surface area contributed by atoms with Gasteiger partial charge in [0.1, 0.15) is 0 Å². The van der Waals surface area contributed by atoms with Gasteiger partial charge in [-0.1, -0.05) is 42.0 Å². The second-order valence-corrected chi connectivity index (χ2v) is 9.40. The first-order valence-corrected chi connectivity index (χ1v) is 11.8. The number of nitrogens with one attached hydrogen (secondary N) is 1. The second-order valence-electron chi connectivity index (χ2n) is 7.47. The summed E-state index contributed by atoms with van der Waals surface area (Å²) >= 11 is 3.12. The van der Waals surface area contributed by atoms with Crippen molar-refractivity contribution >= 4 is 34.5 Å². The summed E-state index contributed by atoms with van der Waals surface area (Å²) < 4.78 is 0. The van der Waals surface area contributed by atoms with Crippen LogP contribution in [0.3, 0.4) is 0 Å². The summed E-state index contributed by atoms with van der Waals surface area (Å²) in [6.07, 6.45) is 0. The van der Waals surface area contributed by atoms with Crippen LogP contribution in [0.15, 0.2) is 59.3 Å². The van der Waals surface area contributed by atoms with Crippen LogP contribution in [0.5, 0.6) is 0 Å². The van der Waals surface area contributed by atoms with Crippen LogP contribution < -0.4 is 5.32 Å². The van der Waals surface area contributed by atoms with Crippen LogP contribution >= 0.6 is 22.7 Å². The highest BCUT2D eigenvalue weighted by Gasteiger charge is 2.25. The second kappa shape index (κ2) is 9.55. The van der Waals surface area contributed by atoms with Crippen LogP contribution in [0.2, 0.25) is 0 Å². The van der Waals surface area contributed by atoms with Crippen molar-refractivity contribution in [1.29, 1.82) is 0 Å². The van der Waals surface area contributed by atoms with Gasteiger partial charge in [0, 0.05) is 31.1 Å². The number of nitrogens with zero attached hydrogens (tertiary/aromatic N) is 2. The molecule has 0 aliphatic carbocycles. The molecule has 0 bridgehead atoms. The number of amides is 2. The third-order valence-electron chi connectivity index (χ3n) is 5.30. The molecule has 0 spiro atoms. The minimum absolute atomic E-state index is 0.00649. The van der Waals surface area contributed by atoms with Gasteiger partial charge in [0.2, 0.25) is 5.91 Å². The molecule has 1 atom stereocenters. The molecule has 156 valence electrons. The average Bonchev–Trinajstić information content (AvgIpc) is 3.47. The Balaban J connectivity index is 1.34. The molecule has 1 N–H and O–H groups in total. The minimum atomic E-state index is -0.139. The molecule has 4 rings (SSSR count). The monoisotopic (exact) mass is 439 g/mol. The van der Waals surface area contributed by atoms with E-state index in [0.717, 1.165) is 15.3 Å². The Bertz CT molecular complexity index is 961. The fourth-order valence-electron chi connectivity index (χ4n) is 3.61. The van der Waals surface area contributed by atoms with Gasteiger partial charge < -0.3 is 10.2 Å². The van der Waals surface area contributed by atoms with Gasteiger partial charge in [-0.05, 0) is 35.4 Å². The molecule has 1 aromatic carbocycles. The van der Waals surface area contributed by atoms with Gasteiger partial charge >= 0.3 is 0 Å². The molecular weight excluding hydrogens is 414 g/mol. The normalized spacial score (nSPS) is 15.7. The Hall–Kier alpha value is -2.48. The largest absolute Gasteiger partial charge is 0.343 e. The van der Waals surface area contributed by atoms with E-state index in [-0.39, 0.29) is 17.9 Å². The van der Waals surface area contributed by atoms with E-state index < -0.39 is 0 Å². The molecule has 7 heteroatoms. The summed E-state index contributed by atoms with van der Waals surface area (Å²) in [5, 5.41) is 7.17. The van der Waals surface area contributed by atoms with Crippen LogP contribution in [-0.4, -0.2) is 54.3 Å². The van der Waals surface area contributed by atoms with Crippen molar-refractivity contribution in [3.05, 3.63) is 80.2 Å². The standard InChI is InChI=1S/C23H25N3O2S2/c1-17-6-8-18(9-7-17)22(19-4-2-14-29-19)24-21(27)16-25-10-12-26(13-11-25)23(28)20-5-3-15-30-20/h2-9,14-15,22H,10-13,16H2,1H3,(H,24,27). The Labute approximate surface area is 184 Å². The van der Waals surface area contributed by atoms with Gasteiger partial charge in [0.25, 0.3) is 5.91 Å². The Morgan fingerprint density at radius 1 is 0.967 bits per heavy atom. The fraction of sp³-hybridized carbons (Fsp3) is 0.304. The predicted octanol–water partition coefficient (Wildman–Crippen LogP) is 3.78. The zero-order valence-electron chi connectivity index (χ0n) is 16.9. The number of benzene rings is 1. The van der Waals surface area contributed by atoms with Crippen LogP contribution in [0.25, 0.3) is 0 Å². The van der Waals surface area contributed by atoms with Gasteiger partial charge in [-0.2, -0.15) is 0 Å². The van der Waals surface area contributed by atoms with Crippen LogP contribution in [-0.2, 0) is 4.79 Å². The van der Waals surface area contributed by atoms with E-state index in [9.17, 15) is 9.59 Å². The molecule has 0 radical (unpaired) electrons. The minimum Gasteiger partial charge on any atom is -0.343 e. The van der Waals surface area contributed by atoms with Gasteiger partial charge in [-0.3, -0.25) is 14.5 Å². The van der Waals surface area contributed by atoms with Crippen molar-refractivity contribution in [3.8, 4) is 0 Å². The lowest BCUT2D eigenvalue weighted by Crippen LogP contribution is -2.51. The SMILES string of the molecule is Cc1ccc(C(NC(=O)CN2CCN(C(=O)c3cccs3)CC2)c2cccs2)cc1. The quantitative estimate of drug-likeness (QED) is 0.636. The summed E-state index contributed by atoms with van der Waals surface area (Å²) in [7, 11) is 0. The number of piperazine rings is 1. The first-order chi connectivity index (χ1) is 14.6. The maximum atomic E-state index is 12.8. The summed E-state index contributed by atoms with van der Waals surface area (Å²) in [6, 6.07) is 16.0. The van der Waals surface area contributed by atoms with E-state index >= 15 is 0 Å². The van der Waals surface area contributed by atoms with Gasteiger partial charge in [0.05, 0.1) is 17.5 Å². The van der Waals surface area contributed by atoms with E-state index in [2.05, 4.69) is 47.5 Å². The summed E-state index contributed by atoms with van der Waals surface area (Å²) in [5.74, 6) is 0.0956.